The minimum atomic E-state index is -3.31. The molecule has 12 heavy (non-hydrogen) atoms. The van der Waals surface area contributed by atoms with Gasteiger partial charge in [0.1, 0.15) is 0 Å². The highest BCUT2D eigenvalue weighted by Crippen LogP contribution is 1.98. The zero-order valence-corrected chi connectivity index (χ0v) is 8.69. The first-order valence-corrected chi connectivity index (χ1v) is 5.78. The monoisotopic (exact) mass is 194 g/mol. The molecule has 0 aliphatic rings. The van der Waals surface area contributed by atoms with Gasteiger partial charge in [0.2, 0.25) is 10.0 Å². The fourth-order valence-corrected chi connectivity index (χ4v) is 1.07. The molecule has 0 radical (unpaired) electrons. The normalized spacial score (nSPS) is 15.1. The molecule has 5 heteroatoms. The van der Waals surface area contributed by atoms with Crippen LogP contribution in [0.25, 0.3) is 0 Å². The lowest BCUT2D eigenvalue weighted by atomic mass is 10.1. The Morgan fingerprint density at radius 2 is 1.83 bits per heavy atom. The van der Waals surface area contributed by atoms with Crippen molar-refractivity contribution in [1.82, 2.24) is 5.32 Å². The number of nitrogens with two attached hydrogens (primary N) is 1. The third-order valence-corrected chi connectivity index (χ3v) is 2.63. The van der Waals surface area contributed by atoms with Crippen molar-refractivity contribution in [1.29, 1.82) is 0 Å². The van der Waals surface area contributed by atoms with E-state index in [0.29, 0.717) is 18.5 Å². The van der Waals surface area contributed by atoms with Crippen LogP contribution in [-0.4, -0.2) is 26.8 Å². The Kier molecular flexibility index (Phi) is 4.74. The van der Waals surface area contributed by atoms with Gasteiger partial charge in [0.05, 0.1) is 5.75 Å². The molecule has 0 aromatic rings. The molecule has 3 N–H and O–H groups in total. The maximum absolute atomic E-state index is 10.5. The van der Waals surface area contributed by atoms with Crippen LogP contribution in [0.4, 0.5) is 0 Å². The van der Waals surface area contributed by atoms with Crippen molar-refractivity contribution in [3.05, 3.63) is 0 Å². The average Bonchev–Trinajstić information content (AvgIpc) is 1.84. The van der Waals surface area contributed by atoms with Gasteiger partial charge in [-0.1, -0.05) is 13.8 Å². The van der Waals surface area contributed by atoms with Gasteiger partial charge in [0.15, 0.2) is 0 Å². The third kappa shape index (κ3) is 6.57. The van der Waals surface area contributed by atoms with Gasteiger partial charge in [-0.05, 0) is 12.8 Å². The van der Waals surface area contributed by atoms with Crippen molar-refractivity contribution in [3.63, 3.8) is 0 Å². The van der Waals surface area contributed by atoms with E-state index in [9.17, 15) is 8.42 Å². The molecule has 0 fully saturated rings. The van der Waals surface area contributed by atoms with E-state index in [1.807, 2.05) is 6.92 Å². The number of sulfonamides is 1. The van der Waals surface area contributed by atoms with Crippen LogP contribution in [0.15, 0.2) is 0 Å². The van der Waals surface area contributed by atoms with E-state index in [2.05, 4.69) is 19.2 Å². The lowest BCUT2D eigenvalue weighted by Crippen LogP contribution is -2.35. The Balaban J connectivity index is 3.58. The van der Waals surface area contributed by atoms with Gasteiger partial charge in [-0.25, -0.2) is 13.6 Å². The van der Waals surface area contributed by atoms with E-state index in [1.54, 1.807) is 0 Å². The molecule has 0 spiro atoms. The number of hydrogen-bond donors (Lipinski definition) is 2. The van der Waals surface area contributed by atoms with Crippen molar-refractivity contribution in [2.24, 2.45) is 11.1 Å². The SMILES string of the molecule is CC(C)C(C)NCCS(N)(=O)=O. The zero-order chi connectivity index (χ0) is 9.78. The highest BCUT2D eigenvalue weighted by atomic mass is 32.2. The van der Waals surface area contributed by atoms with Gasteiger partial charge in [-0.3, -0.25) is 0 Å². The summed E-state index contributed by atoms with van der Waals surface area (Å²) in [5.41, 5.74) is 0. The highest BCUT2D eigenvalue weighted by molar-refractivity contribution is 7.89. The van der Waals surface area contributed by atoms with E-state index < -0.39 is 10.0 Å². The Hall–Kier alpha value is -0.130. The van der Waals surface area contributed by atoms with Gasteiger partial charge < -0.3 is 5.32 Å². The van der Waals surface area contributed by atoms with Gasteiger partial charge >= 0.3 is 0 Å². The number of primary sulfonamides is 1. The molecule has 0 aliphatic carbocycles. The van der Waals surface area contributed by atoms with Crippen LogP contribution in [0.1, 0.15) is 20.8 Å². The summed E-state index contributed by atoms with van der Waals surface area (Å²) < 4.78 is 21.0. The van der Waals surface area contributed by atoms with Crippen LogP contribution < -0.4 is 10.5 Å². The predicted molar refractivity (Wildman–Crippen MR) is 50.3 cm³/mol. The number of rotatable bonds is 5. The summed E-state index contributed by atoms with van der Waals surface area (Å²) in [4.78, 5) is 0. The summed E-state index contributed by atoms with van der Waals surface area (Å²) >= 11 is 0. The first-order chi connectivity index (χ1) is 5.33. The summed E-state index contributed by atoms with van der Waals surface area (Å²) in [6, 6.07) is 0.326. The van der Waals surface area contributed by atoms with Crippen molar-refractivity contribution in [3.8, 4) is 0 Å². The van der Waals surface area contributed by atoms with E-state index in [-0.39, 0.29) is 5.75 Å². The number of hydrogen-bond acceptors (Lipinski definition) is 3. The topological polar surface area (TPSA) is 72.2 Å². The molecule has 1 atom stereocenters. The van der Waals surface area contributed by atoms with Crippen molar-refractivity contribution in [2.45, 2.75) is 26.8 Å². The van der Waals surface area contributed by atoms with E-state index in [4.69, 9.17) is 5.14 Å². The fourth-order valence-electron chi connectivity index (χ4n) is 0.665. The molecule has 0 rings (SSSR count). The molecule has 0 heterocycles. The Morgan fingerprint density at radius 1 is 1.33 bits per heavy atom. The van der Waals surface area contributed by atoms with Crippen molar-refractivity contribution < 1.29 is 8.42 Å². The Bertz CT molecular complexity index is 211. The summed E-state index contributed by atoms with van der Waals surface area (Å²) in [6.45, 7) is 6.61. The van der Waals surface area contributed by atoms with Crippen LogP contribution in [0.5, 0.6) is 0 Å². The minimum Gasteiger partial charge on any atom is -0.313 e. The Morgan fingerprint density at radius 3 is 2.17 bits per heavy atom. The number of nitrogens with one attached hydrogen (secondary N) is 1. The summed E-state index contributed by atoms with van der Waals surface area (Å²) in [6.07, 6.45) is 0. The second-order valence-electron chi connectivity index (χ2n) is 3.35. The molecular formula is C7H18N2O2S. The quantitative estimate of drug-likeness (QED) is 0.642. The standard InChI is InChI=1S/C7H18N2O2S/c1-6(2)7(3)9-4-5-12(8,10)11/h6-7,9H,4-5H2,1-3H3,(H2,8,10,11). The molecule has 74 valence electrons. The molecule has 0 amide bonds. The molecule has 4 nitrogen and oxygen atoms in total. The van der Waals surface area contributed by atoms with Crippen molar-refractivity contribution >= 4 is 10.0 Å². The highest BCUT2D eigenvalue weighted by Gasteiger charge is 2.07. The van der Waals surface area contributed by atoms with Gasteiger partial charge in [0.25, 0.3) is 0 Å². The smallest absolute Gasteiger partial charge is 0.210 e. The van der Waals surface area contributed by atoms with Crippen LogP contribution in [0.3, 0.4) is 0 Å². The minimum absolute atomic E-state index is 0.00403. The van der Waals surface area contributed by atoms with Crippen LogP contribution in [0, 0.1) is 5.92 Å². The molecule has 0 aliphatic heterocycles. The Labute approximate surface area is 74.6 Å². The van der Waals surface area contributed by atoms with Crippen LogP contribution in [-0.2, 0) is 10.0 Å². The third-order valence-electron chi connectivity index (χ3n) is 1.85. The van der Waals surface area contributed by atoms with E-state index in [1.165, 1.54) is 0 Å². The molecular weight excluding hydrogens is 176 g/mol. The first-order valence-electron chi connectivity index (χ1n) is 4.07. The maximum Gasteiger partial charge on any atom is 0.210 e. The molecule has 1 unspecified atom stereocenters. The lowest BCUT2D eigenvalue weighted by molar-refractivity contribution is 0.437. The van der Waals surface area contributed by atoms with Crippen LogP contribution >= 0.6 is 0 Å². The first kappa shape index (κ1) is 11.9. The van der Waals surface area contributed by atoms with Gasteiger partial charge in [-0.15, -0.1) is 0 Å². The fraction of sp³-hybridized carbons (Fsp3) is 1.00. The summed E-state index contributed by atoms with van der Waals surface area (Å²) in [5, 5.41) is 7.91. The van der Waals surface area contributed by atoms with Crippen LogP contribution in [0.2, 0.25) is 0 Å². The molecule has 0 aromatic carbocycles. The largest absolute Gasteiger partial charge is 0.313 e. The lowest BCUT2D eigenvalue weighted by Gasteiger charge is -2.16. The van der Waals surface area contributed by atoms with E-state index in [0.717, 1.165) is 0 Å². The van der Waals surface area contributed by atoms with Crippen molar-refractivity contribution in [2.75, 3.05) is 12.3 Å². The van der Waals surface area contributed by atoms with E-state index >= 15 is 0 Å². The second kappa shape index (κ2) is 4.79. The summed E-state index contributed by atoms with van der Waals surface area (Å²) in [5.74, 6) is 0.509. The maximum atomic E-state index is 10.5. The van der Waals surface area contributed by atoms with Gasteiger partial charge in [-0.2, -0.15) is 0 Å². The zero-order valence-electron chi connectivity index (χ0n) is 7.87. The molecule has 0 saturated heterocycles. The molecule has 0 aromatic heterocycles. The second-order valence-corrected chi connectivity index (χ2v) is 5.09. The molecule has 0 saturated carbocycles. The molecule has 0 bridgehead atoms. The summed E-state index contributed by atoms with van der Waals surface area (Å²) in [7, 11) is -3.31. The predicted octanol–water partition coefficient (Wildman–Crippen LogP) is -0.0910. The average molecular weight is 194 g/mol. The van der Waals surface area contributed by atoms with Gasteiger partial charge in [0, 0.05) is 12.6 Å².